The minimum absolute atomic E-state index is 0. The van der Waals surface area contributed by atoms with E-state index in [0.717, 1.165) is 22.6 Å². The van der Waals surface area contributed by atoms with Crippen molar-refractivity contribution in [1.29, 1.82) is 0 Å². The van der Waals surface area contributed by atoms with Gasteiger partial charge in [-0.15, -0.1) is 24.0 Å². The molecule has 0 aromatic heterocycles. The number of aliphatic imine (C=N–C) groups is 1. The lowest BCUT2D eigenvalue weighted by atomic mass is 10.1. The normalized spacial score (nSPS) is 10.8. The maximum absolute atomic E-state index is 6.09. The predicted molar refractivity (Wildman–Crippen MR) is 115 cm³/mol. The van der Waals surface area contributed by atoms with Crippen molar-refractivity contribution in [3.8, 4) is 11.5 Å². The second-order valence-electron chi connectivity index (χ2n) is 5.21. The van der Waals surface area contributed by atoms with Crippen LogP contribution in [0.5, 0.6) is 11.5 Å². The fourth-order valence-corrected chi connectivity index (χ4v) is 2.49. The Morgan fingerprint density at radius 1 is 1.20 bits per heavy atom. The van der Waals surface area contributed by atoms with Gasteiger partial charge in [-0.2, -0.15) is 0 Å². The summed E-state index contributed by atoms with van der Waals surface area (Å²) in [4.78, 5) is 4.35. The fraction of sp³-hybridized carbons (Fsp3) is 0.278. The molecule has 0 saturated carbocycles. The third-order valence-corrected chi connectivity index (χ3v) is 3.69. The van der Waals surface area contributed by atoms with Gasteiger partial charge in [0, 0.05) is 5.69 Å². The van der Waals surface area contributed by atoms with Gasteiger partial charge in [-0.25, -0.2) is 4.99 Å². The molecule has 0 heterocycles. The number of nitrogens with two attached hydrogens (primary N) is 1. The molecule has 0 aliphatic rings. The zero-order valence-electron chi connectivity index (χ0n) is 14.5. The minimum Gasteiger partial charge on any atom is -0.495 e. The van der Waals surface area contributed by atoms with Crippen LogP contribution in [0.1, 0.15) is 18.1 Å². The summed E-state index contributed by atoms with van der Waals surface area (Å²) in [5.41, 5.74) is 8.83. The van der Waals surface area contributed by atoms with Crippen molar-refractivity contribution >= 4 is 47.2 Å². The Morgan fingerprint density at radius 2 is 1.92 bits per heavy atom. The number of anilines is 1. The standard InChI is InChI=1S/C18H22ClN3O2.HI/c1-4-24-16-7-5-13(9-12(16)2)11-21-18(20)22-14-6-8-17(23-3)15(19)10-14;/h5-10H,4,11H2,1-3H3,(H3,20,21,22);1H. The van der Waals surface area contributed by atoms with Gasteiger partial charge in [0.05, 0.1) is 25.3 Å². The summed E-state index contributed by atoms with van der Waals surface area (Å²) in [6.45, 7) is 5.12. The third kappa shape index (κ3) is 6.28. The highest BCUT2D eigenvalue weighted by Crippen LogP contribution is 2.27. The third-order valence-electron chi connectivity index (χ3n) is 3.40. The Hall–Kier alpha value is -1.67. The van der Waals surface area contributed by atoms with Crippen LogP contribution in [0.3, 0.4) is 0 Å². The summed E-state index contributed by atoms with van der Waals surface area (Å²) >= 11 is 6.09. The predicted octanol–water partition coefficient (Wildman–Crippen LogP) is 4.60. The van der Waals surface area contributed by atoms with Crippen molar-refractivity contribution in [3.05, 3.63) is 52.5 Å². The molecule has 0 spiro atoms. The summed E-state index contributed by atoms with van der Waals surface area (Å²) in [6.07, 6.45) is 0. The molecule has 2 aromatic rings. The Morgan fingerprint density at radius 3 is 2.52 bits per heavy atom. The molecular weight excluding hydrogens is 453 g/mol. The van der Waals surface area contributed by atoms with Crippen LogP contribution in [-0.4, -0.2) is 19.7 Å². The summed E-state index contributed by atoms with van der Waals surface area (Å²) in [5, 5.41) is 3.53. The van der Waals surface area contributed by atoms with Gasteiger partial charge in [0.2, 0.25) is 0 Å². The summed E-state index contributed by atoms with van der Waals surface area (Å²) in [6, 6.07) is 11.3. The Kier molecular flexibility index (Phi) is 8.85. The number of methoxy groups -OCH3 is 1. The largest absolute Gasteiger partial charge is 0.495 e. The van der Waals surface area contributed by atoms with Gasteiger partial charge < -0.3 is 20.5 Å². The number of halogens is 2. The summed E-state index contributed by atoms with van der Waals surface area (Å²) in [7, 11) is 1.57. The second kappa shape index (κ2) is 10.4. The van der Waals surface area contributed by atoms with E-state index in [1.54, 1.807) is 19.2 Å². The first kappa shape index (κ1) is 21.4. The molecule has 136 valence electrons. The Labute approximate surface area is 170 Å². The average molecular weight is 476 g/mol. The minimum atomic E-state index is 0. The lowest BCUT2D eigenvalue weighted by Crippen LogP contribution is -2.22. The lowest BCUT2D eigenvalue weighted by Gasteiger charge is -2.10. The van der Waals surface area contributed by atoms with E-state index in [9.17, 15) is 0 Å². The van der Waals surface area contributed by atoms with Crippen LogP contribution in [0.4, 0.5) is 5.69 Å². The molecule has 5 nitrogen and oxygen atoms in total. The summed E-state index contributed by atoms with van der Waals surface area (Å²) in [5.74, 6) is 1.83. The van der Waals surface area contributed by atoms with E-state index in [2.05, 4.69) is 10.3 Å². The fourth-order valence-electron chi connectivity index (χ4n) is 2.24. The quantitative estimate of drug-likeness (QED) is 0.364. The molecule has 0 amide bonds. The lowest BCUT2D eigenvalue weighted by molar-refractivity contribution is 0.338. The van der Waals surface area contributed by atoms with Crippen LogP contribution < -0.4 is 20.5 Å². The highest BCUT2D eigenvalue weighted by molar-refractivity contribution is 14.0. The number of nitrogens with one attached hydrogen (secondary N) is 1. The number of hydrogen-bond acceptors (Lipinski definition) is 3. The first-order valence-corrected chi connectivity index (χ1v) is 8.04. The van der Waals surface area contributed by atoms with Gasteiger partial charge in [-0.1, -0.05) is 23.7 Å². The zero-order chi connectivity index (χ0) is 17.5. The van der Waals surface area contributed by atoms with E-state index in [1.807, 2.05) is 38.1 Å². The van der Waals surface area contributed by atoms with Crippen LogP contribution in [0.2, 0.25) is 5.02 Å². The highest BCUT2D eigenvalue weighted by atomic mass is 127. The molecule has 2 rings (SSSR count). The Balaban J connectivity index is 0.00000312. The maximum atomic E-state index is 6.09. The van der Waals surface area contributed by atoms with Crippen LogP contribution in [0, 0.1) is 6.92 Å². The van der Waals surface area contributed by atoms with Gasteiger partial charge in [0.1, 0.15) is 11.5 Å². The van der Waals surface area contributed by atoms with Crippen LogP contribution in [-0.2, 0) is 6.54 Å². The van der Waals surface area contributed by atoms with Crippen LogP contribution >= 0.6 is 35.6 Å². The number of aryl methyl sites for hydroxylation is 1. The number of ether oxygens (including phenoxy) is 2. The molecule has 0 radical (unpaired) electrons. The second-order valence-corrected chi connectivity index (χ2v) is 5.62. The molecule has 0 fully saturated rings. The monoisotopic (exact) mass is 475 g/mol. The van der Waals surface area contributed by atoms with E-state index in [-0.39, 0.29) is 24.0 Å². The highest BCUT2D eigenvalue weighted by Gasteiger charge is 2.03. The molecule has 2 aromatic carbocycles. The number of rotatable bonds is 6. The molecule has 0 aliphatic carbocycles. The van der Waals surface area contributed by atoms with E-state index in [4.69, 9.17) is 26.8 Å². The van der Waals surface area contributed by atoms with Crippen molar-refractivity contribution in [3.63, 3.8) is 0 Å². The van der Waals surface area contributed by atoms with E-state index in [1.165, 1.54) is 0 Å². The van der Waals surface area contributed by atoms with E-state index in [0.29, 0.717) is 29.9 Å². The molecule has 0 unspecified atom stereocenters. The first-order valence-electron chi connectivity index (χ1n) is 7.66. The summed E-state index contributed by atoms with van der Waals surface area (Å²) < 4.78 is 10.6. The van der Waals surface area contributed by atoms with Gasteiger partial charge in [-0.05, 0) is 49.2 Å². The number of nitrogens with zero attached hydrogens (tertiary/aromatic N) is 1. The Bertz CT molecular complexity index is 738. The number of benzene rings is 2. The smallest absolute Gasteiger partial charge is 0.193 e. The topological polar surface area (TPSA) is 68.9 Å². The zero-order valence-corrected chi connectivity index (χ0v) is 17.6. The first-order chi connectivity index (χ1) is 11.5. The van der Waals surface area contributed by atoms with Crippen molar-refractivity contribution in [2.45, 2.75) is 20.4 Å². The average Bonchev–Trinajstić information content (AvgIpc) is 2.55. The van der Waals surface area contributed by atoms with E-state index < -0.39 is 0 Å². The van der Waals surface area contributed by atoms with Crippen LogP contribution in [0.25, 0.3) is 0 Å². The van der Waals surface area contributed by atoms with Gasteiger partial charge in [-0.3, -0.25) is 0 Å². The number of guanidine groups is 1. The van der Waals surface area contributed by atoms with Gasteiger partial charge in [0.25, 0.3) is 0 Å². The SMILES string of the molecule is CCOc1ccc(CN=C(N)Nc2ccc(OC)c(Cl)c2)cc1C.I. The van der Waals surface area contributed by atoms with Crippen molar-refractivity contribution < 1.29 is 9.47 Å². The van der Waals surface area contributed by atoms with E-state index >= 15 is 0 Å². The van der Waals surface area contributed by atoms with Crippen LogP contribution in [0.15, 0.2) is 41.4 Å². The van der Waals surface area contributed by atoms with Gasteiger partial charge in [0.15, 0.2) is 5.96 Å². The van der Waals surface area contributed by atoms with Crippen molar-refractivity contribution in [2.75, 3.05) is 19.0 Å². The van der Waals surface area contributed by atoms with Gasteiger partial charge >= 0.3 is 0 Å². The molecule has 7 heteroatoms. The molecule has 0 saturated heterocycles. The van der Waals surface area contributed by atoms with Crippen molar-refractivity contribution in [2.24, 2.45) is 10.7 Å². The van der Waals surface area contributed by atoms with Crippen molar-refractivity contribution in [1.82, 2.24) is 0 Å². The maximum Gasteiger partial charge on any atom is 0.193 e. The number of hydrogen-bond donors (Lipinski definition) is 2. The molecular formula is C18H23ClIN3O2. The molecule has 0 aliphatic heterocycles. The molecule has 25 heavy (non-hydrogen) atoms. The molecule has 0 bridgehead atoms. The molecule has 0 atom stereocenters. The molecule has 3 N–H and O–H groups in total.